The molecule has 6 aromatic rings. The Labute approximate surface area is 564 Å². The summed E-state index contributed by atoms with van der Waals surface area (Å²) in [5.74, 6) is 2.25. The maximum absolute atomic E-state index is 12.7. The van der Waals surface area contributed by atoms with Gasteiger partial charge in [-0.15, -0.1) is 45.3 Å². The summed E-state index contributed by atoms with van der Waals surface area (Å²) in [5, 5.41) is 10.7. The van der Waals surface area contributed by atoms with E-state index in [1.807, 2.05) is 41.7 Å². The summed E-state index contributed by atoms with van der Waals surface area (Å²) in [7, 11) is -3.68. The van der Waals surface area contributed by atoms with Crippen LogP contribution in [0.4, 0.5) is 0 Å². The Hall–Kier alpha value is -3.39. The number of fused-ring (bicyclic) bond motifs is 4. The largest absolute Gasteiger partial charge is 0.488 e. The zero-order chi connectivity index (χ0) is 64.4. The molecule has 0 fully saturated rings. The van der Waals surface area contributed by atoms with Gasteiger partial charge >= 0.3 is 0 Å². The summed E-state index contributed by atoms with van der Waals surface area (Å²) >= 11 is 6.37. The highest BCUT2D eigenvalue weighted by Gasteiger charge is 2.32. The van der Waals surface area contributed by atoms with Crippen molar-refractivity contribution in [3.63, 3.8) is 0 Å². The van der Waals surface area contributed by atoms with Crippen LogP contribution in [0.1, 0.15) is 347 Å². The van der Waals surface area contributed by atoms with Crippen LogP contribution in [0, 0.1) is 6.92 Å². The van der Waals surface area contributed by atoms with Crippen molar-refractivity contribution < 1.29 is 31.7 Å². The molecule has 0 N–H and O–H groups in total. The molecule has 4 heterocycles. The number of ketones is 2. The van der Waals surface area contributed by atoms with Crippen LogP contribution in [0.15, 0.2) is 74.9 Å². The summed E-state index contributed by atoms with van der Waals surface area (Å²) in [6.07, 6.45) is 53.6. The first-order valence-corrected chi connectivity index (χ1v) is 41.4. The Bertz CT molecular complexity index is 2650. The minimum absolute atomic E-state index is 0.00847. The van der Waals surface area contributed by atoms with Crippen molar-refractivity contribution in [3.8, 4) is 11.5 Å². The van der Waals surface area contributed by atoms with Gasteiger partial charge in [-0.1, -0.05) is 265 Å². The Morgan fingerprint density at radius 2 is 0.622 bits per heavy atom. The van der Waals surface area contributed by atoms with Crippen LogP contribution < -0.4 is 9.47 Å². The van der Waals surface area contributed by atoms with Crippen molar-refractivity contribution in [2.75, 3.05) is 0 Å². The zero-order valence-corrected chi connectivity index (χ0v) is 61.3. The Balaban J connectivity index is 0.000000290. The van der Waals surface area contributed by atoms with Crippen molar-refractivity contribution in [2.24, 2.45) is 0 Å². The third-order valence-corrected chi connectivity index (χ3v) is 22.9. The molecule has 2 aromatic carbocycles. The monoisotopic (exact) mass is 1330 g/mol. The number of unbranched alkanes of at least 4 members (excludes halogenated alkanes) is 30. The Morgan fingerprint density at radius 1 is 0.344 bits per heavy atom. The fourth-order valence-electron chi connectivity index (χ4n) is 12.3. The summed E-state index contributed by atoms with van der Waals surface area (Å²) in [4.78, 5) is 25.1. The molecule has 504 valence electrons. The predicted octanol–water partition coefficient (Wildman–Crippen LogP) is 26.8. The molecule has 0 aliphatic heterocycles. The minimum Gasteiger partial charge on any atom is -0.488 e. The van der Waals surface area contributed by atoms with Gasteiger partial charge in [0.25, 0.3) is 10.1 Å². The second kappa shape index (κ2) is 46.7. The smallest absolute Gasteiger partial charge is 0.297 e. The molecule has 0 saturated heterocycles. The van der Waals surface area contributed by atoms with Crippen molar-refractivity contribution in [1.82, 2.24) is 0 Å². The highest BCUT2D eigenvalue weighted by atomic mass is 32.2. The van der Waals surface area contributed by atoms with Crippen molar-refractivity contribution in [3.05, 3.63) is 96.5 Å². The van der Waals surface area contributed by atoms with E-state index in [1.165, 1.54) is 287 Å². The standard InChI is InChI=1S/C44H74O2S2.C24H42O3S.C10H4O2S2/c1-5-9-13-17-21-25-29-37(30-26-22-18-14-10-6-2)45-41-39-33-35-48-44(39)42(40-34-36-47-43(40)41)46-38(31-27-23-19-15-11-7-3)32-28-24-20-16-12-8-4;1-4-6-8-10-12-14-16-23(17-15-13-11-9-7-5-2)27-28(25,26)24-20-18-22(3)19-21-24;11-7-5-1-3-13-9(5)8(12)6-2-4-14-10(6)7/h33-38H,5-32H2,1-4H3;18-21,23H,4-17H2,1-3H3;1-4H. The summed E-state index contributed by atoms with van der Waals surface area (Å²) in [5.41, 5.74) is 2.18. The van der Waals surface area contributed by atoms with Gasteiger partial charge in [-0.25, -0.2) is 0 Å². The lowest BCUT2D eigenvalue weighted by atomic mass is 9.96. The number of carbonyl (C=O) groups excluding carboxylic acids is 2. The van der Waals surface area contributed by atoms with Gasteiger partial charge in [0.2, 0.25) is 11.6 Å². The molecule has 4 aromatic heterocycles. The van der Waals surface area contributed by atoms with E-state index in [0.29, 0.717) is 33.1 Å². The third-order valence-electron chi connectivity index (χ3n) is 17.9. The lowest BCUT2D eigenvalue weighted by Gasteiger charge is -2.24. The molecule has 1 aliphatic rings. The highest BCUT2D eigenvalue weighted by molar-refractivity contribution is 7.86. The average Bonchev–Trinajstić information content (AvgIpc) is 1.60. The molecule has 12 heteroatoms. The molecule has 0 unspecified atom stereocenters. The Kier molecular flexibility index (Phi) is 40.1. The first-order valence-electron chi connectivity index (χ1n) is 36.5. The van der Waals surface area contributed by atoms with Gasteiger partial charge < -0.3 is 9.47 Å². The Morgan fingerprint density at radius 3 is 0.933 bits per heavy atom. The number of hydrogen-bond donors (Lipinski definition) is 0. The van der Waals surface area contributed by atoms with Crippen molar-refractivity contribution in [2.45, 2.75) is 341 Å². The van der Waals surface area contributed by atoms with Crippen molar-refractivity contribution >= 4 is 87.2 Å². The van der Waals surface area contributed by atoms with E-state index >= 15 is 0 Å². The van der Waals surface area contributed by atoms with Crippen LogP contribution >= 0.6 is 45.3 Å². The molecular formula is C78H120O7S5. The molecule has 0 spiro atoms. The fourth-order valence-corrected chi connectivity index (χ4v) is 16.9. The summed E-state index contributed by atoms with van der Waals surface area (Å²) in [6.45, 7) is 15.6. The molecule has 0 atom stereocenters. The number of thiophene rings is 4. The first kappa shape index (κ1) is 77.3. The van der Waals surface area contributed by atoms with Crippen LogP contribution in [-0.4, -0.2) is 38.3 Å². The van der Waals surface area contributed by atoms with Crippen LogP contribution in [0.3, 0.4) is 0 Å². The number of aryl methyl sites for hydroxylation is 1. The van der Waals surface area contributed by atoms with Gasteiger partial charge in [-0.05, 0) is 129 Å². The maximum atomic E-state index is 12.7. The predicted molar refractivity (Wildman–Crippen MR) is 393 cm³/mol. The normalized spacial score (nSPS) is 12.3. The number of carbonyl (C=O) groups is 2. The van der Waals surface area contributed by atoms with Crippen LogP contribution in [-0.2, 0) is 14.3 Å². The quantitative estimate of drug-likeness (QED) is 0.0277. The molecule has 7 rings (SSSR count). The summed E-state index contributed by atoms with van der Waals surface area (Å²) in [6, 6.07) is 15.0. The van der Waals surface area contributed by atoms with Crippen LogP contribution in [0.5, 0.6) is 11.5 Å². The fraction of sp³-hybridized carbons (Fsp3) is 0.667. The van der Waals surface area contributed by atoms with E-state index in [-0.39, 0.29) is 22.6 Å². The van der Waals surface area contributed by atoms with Crippen LogP contribution in [0.25, 0.3) is 20.2 Å². The van der Waals surface area contributed by atoms with E-state index < -0.39 is 10.1 Å². The number of benzene rings is 2. The average molecular weight is 1330 g/mol. The molecular weight excluding hydrogens is 1210 g/mol. The van der Waals surface area contributed by atoms with E-state index in [0.717, 1.165) is 42.7 Å². The molecule has 0 bridgehead atoms. The van der Waals surface area contributed by atoms with Gasteiger partial charge in [0.05, 0.1) is 42.4 Å². The third kappa shape index (κ3) is 27.9. The minimum atomic E-state index is -3.68. The molecule has 7 nitrogen and oxygen atoms in total. The van der Waals surface area contributed by atoms with E-state index in [1.54, 1.807) is 35.0 Å². The molecule has 0 amide bonds. The zero-order valence-electron chi connectivity index (χ0n) is 57.3. The van der Waals surface area contributed by atoms with Gasteiger partial charge in [-0.2, -0.15) is 8.42 Å². The van der Waals surface area contributed by atoms with Gasteiger partial charge in [0, 0.05) is 21.9 Å². The summed E-state index contributed by atoms with van der Waals surface area (Å²) < 4.78 is 48.0. The lowest BCUT2D eigenvalue weighted by molar-refractivity contribution is 0.0986. The number of rotatable bonds is 49. The topological polar surface area (TPSA) is 96.0 Å². The van der Waals surface area contributed by atoms with E-state index in [2.05, 4.69) is 64.4 Å². The molecule has 0 radical (unpaired) electrons. The highest BCUT2D eigenvalue weighted by Crippen LogP contribution is 2.49. The molecule has 0 saturated carbocycles. The van der Waals surface area contributed by atoms with E-state index in [4.69, 9.17) is 13.7 Å². The number of ether oxygens (including phenoxy) is 2. The second-order valence-corrected chi connectivity index (χ2v) is 31.0. The molecule has 1 aliphatic carbocycles. The number of hydrogen-bond acceptors (Lipinski definition) is 11. The van der Waals surface area contributed by atoms with Crippen LogP contribution in [0.2, 0.25) is 0 Å². The first-order chi connectivity index (χ1) is 44.0. The second-order valence-electron chi connectivity index (χ2n) is 25.8. The van der Waals surface area contributed by atoms with Gasteiger partial charge in [-0.3, -0.25) is 13.8 Å². The lowest BCUT2D eigenvalue weighted by Crippen LogP contribution is -2.19. The maximum Gasteiger partial charge on any atom is 0.297 e. The molecule has 90 heavy (non-hydrogen) atoms. The van der Waals surface area contributed by atoms with Crippen molar-refractivity contribution in [1.29, 1.82) is 0 Å². The van der Waals surface area contributed by atoms with Gasteiger partial charge in [0.15, 0.2) is 0 Å². The SMILES string of the molecule is CCCCCCCCC(CCCCCCCC)OS(=O)(=O)c1ccc(C)cc1.CCCCCCCCC(CCCCCCCC)Oc1c2ccsc2c(OC(CCCCCCCC)CCCCCCCC)c2ccsc12.O=C1c2ccsc2C(=O)c2ccsc21. The van der Waals surface area contributed by atoms with Gasteiger partial charge in [0.1, 0.15) is 11.5 Å². The van der Waals surface area contributed by atoms with E-state index in [9.17, 15) is 18.0 Å².